The van der Waals surface area contributed by atoms with Gasteiger partial charge in [-0.3, -0.25) is 9.59 Å². The lowest BCUT2D eigenvalue weighted by Crippen LogP contribution is -2.47. The van der Waals surface area contributed by atoms with Crippen LogP contribution in [0.5, 0.6) is 0 Å². The van der Waals surface area contributed by atoms with Crippen molar-refractivity contribution in [1.29, 1.82) is 0 Å². The minimum Gasteiger partial charge on any atom is -0.478 e. The van der Waals surface area contributed by atoms with Gasteiger partial charge in [0.05, 0.1) is 5.56 Å². The number of aromatic carboxylic acids is 1. The molecule has 1 atom stereocenters. The number of hydrogen-bond acceptors (Lipinski definition) is 6. The maximum Gasteiger partial charge on any atom is 0.407 e. The first-order valence-electron chi connectivity index (χ1n) is 13.2. The lowest BCUT2D eigenvalue weighted by molar-refractivity contribution is -0.123. The molecule has 4 rings (SSSR count). The Bertz CT molecular complexity index is 1470. The van der Waals surface area contributed by atoms with E-state index in [-0.39, 0.29) is 37.4 Å². The fourth-order valence-electron chi connectivity index (χ4n) is 4.18. The summed E-state index contributed by atoms with van der Waals surface area (Å²) in [6.07, 6.45) is 0.460. The monoisotopic (exact) mass is 557 g/mol. The molecule has 10 heteroatoms. The second-order valence-electron chi connectivity index (χ2n) is 9.35. The summed E-state index contributed by atoms with van der Waals surface area (Å²) in [4.78, 5) is 49.3. The molecular weight excluding hydrogens is 526 g/mol. The van der Waals surface area contributed by atoms with Crippen LogP contribution < -0.4 is 16.0 Å². The molecule has 0 unspecified atom stereocenters. The highest BCUT2D eigenvalue weighted by atomic mass is 16.5. The number of nitrogens with one attached hydrogen (secondary N) is 3. The molecule has 0 fully saturated rings. The molecule has 4 aromatic rings. The molecule has 41 heavy (non-hydrogen) atoms. The fourth-order valence-corrected chi connectivity index (χ4v) is 4.18. The smallest absolute Gasteiger partial charge is 0.407 e. The van der Waals surface area contributed by atoms with Gasteiger partial charge in [0.15, 0.2) is 5.76 Å². The number of furan rings is 1. The summed E-state index contributed by atoms with van der Waals surface area (Å²) in [6, 6.07) is 23.7. The molecule has 0 bridgehead atoms. The molecule has 0 saturated heterocycles. The number of rotatable bonds is 13. The zero-order valence-corrected chi connectivity index (χ0v) is 22.3. The van der Waals surface area contributed by atoms with E-state index >= 15 is 0 Å². The van der Waals surface area contributed by atoms with E-state index in [1.165, 1.54) is 6.07 Å². The SMILES string of the molecule is O=C(NCCC[C@H](NC(=O)c1cc2ccccc2o1)C(=O)NCCc1cccc(C(=O)O)c1)OCc1ccccc1. The highest BCUT2D eigenvalue weighted by Crippen LogP contribution is 2.19. The molecule has 3 aromatic carbocycles. The van der Waals surface area contributed by atoms with Gasteiger partial charge >= 0.3 is 12.1 Å². The maximum absolute atomic E-state index is 13.1. The highest BCUT2D eigenvalue weighted by molar-refractivity contribution is 5.98. The number of benzene rings is 3. The third-order valence-electron chi connectivity index (χ3n) is 6.31. The van der Waals surface area contributed by atoms with Crippen molar-refractivity contribution in [3.8, 4) is 0 Å². The number of ether oxygens (including phenoxy) is 1. The normalized spacial score (nSPS) is 11.4. The zero-order valence-electron chi connectivity index (χ0n) is 22.3. The van der Waals surface area contributed by atoms with Crippen molar-refractivity contribution in [2.45, 2.75) is 31.9 Å². The summed E-state index contributed by atoms with van der Waals surface area (Å²) in [7, 11) is 0. The molecule has 0 spiro atoms. The number of carboxylic acid groups (broad SMARTS) is 1. The minimum absolute atomic E-state index is 0.0806. The van der Waals surface area contributed by atoms with Gasteiger partial charge in [-0.05, 0) is 54.7 Å². The van der Waals surface area contributed by atoms with Gasteiger partial charge in [-0.1, -0.05) is 60.7 Å². The van der Waals surface area contributed by atoms with Crippen LogP contribution in [0.2, 0.25) is 0 Å². The summed E-state index contributed by atoms with van der Waals surface area (Å²) in [5.41, 5.74) is 2.34. The Morgan fingerprint density at radius 3 is 2.37 bits per heavy atom. The Labute approximate surface area is 236 Å². The van der Waals surface area contributed by atoms with Crippen molar-refractivity contribution in [2.24, 2.45) is 0 Å². The molecule has 212 valence electrons. The van der Waals surface area contributed by atoms with Crippen LogP contribution in [0.25, 0.3) is 11.0 Å². The molecule has 3 amide bonds. The van der Waals surface area contributed by atoms with E-state index in [9.17, 15) is 24.3 Å². The molecular formula is C31H31N3O7. The summed E-state index contributed by atoms with van der Waals surface area (Å²) in [6.45, 7) is 0.615. The number of hydrogen-bond donors (Lipinski definition) is 4. The van der Waals surface area contributed by atoms with Crippen molar-refractivity contribution < 1.29 is 33.4 Å². The van der Waals surface area contributed by atoms with E-state index in [0.29, 0.717) is 18.4 Å². The van der Waals surface area contributed by atoms with Crippen LogP contribution in [-0.2, 0) is 22.6 Å². The van der Waals surface area contributed by atoms with E-state index < -0.39 is 29.9 Å². The second-order valence-corrected chi connectivity index (χ2v) is 9.35. The third-order valence-corrected chi connectivity index (χ3v) is 6.31. The van der Waals surface area contributed by atoms with Gasteiger partial charge in [-0.2, -0.15) is 0 Å². The molecule has 0 aliphatic carbocycles. The van der Waals surface area contributed by atoms with Crippen molar-refractivity contribution in [3.63, 3.8) is 0 Å². The molecule has 0 saturated carbocycles. The quantitative estimate of drug-likeness (QED) is 0.179. The second kappa shape index (κ2) is 14.3. The average Bonchev–Trinajstić information content (AvgIpc) is 3.43. The Morgan fingerprint density at radius 2 is 1.59 bits per heavy atom. The van der Waals surface area contributed by atoms with E-state index in [0.717, 1.165) is 16.5 Å². The van der Waals surface area contributed by atoms with Crippen LogP contribution in [0, 0.1) is 0 Å². The van der Waals surface area contributed by atoms with Crippen LogP contribution in [0.15, 0.2) is 89.3 Å². The van der Waals surface area contributed by atoms with Crippen LogP contribution in [-0.4, -0.2) is 48.1 Å². The van der Waals surface area contributed by atoms with Crippen LogP contribution in [0.4, 0.5) is 4.79 Å². The van der Waals surface area contributed by atoms with Crippen molar-refractivity contribution in [1.82, 2.24) is 16.0 Å². The maximum atomic E-state index is 13.1. The van der Waals surface area contributed by atoms with E-state index in [1.807, 2.05) is 42.5 Å². The number of carboxylic acids is 1. The summed E-state index contributed by atoms with van der Waals surface area (Å²) in [5, 5.41) is 18.2. The first-order chi connectivity index (χ1) is 19.9. The van der Waals surface area contributed by atoms with E-state index in [1.54, 1.807) is 36.4 Å². The van der Waals surface area contributed by atoms with Crippen LogP contribution in [0.1, 0.15) is 44.9 Å². The first kappa shape index (κ1) is 28.9. The van der Waals surface area contributed by atoms with E-state index in [4.69, 9.17) is 9.15 Å². The van der Waals surface area contributed by atoms with Crippen LogP contribution in [0.3, 0.4) is 0 Å². The number of carbonyl (C=O) groups excluding carboxylic acids is 3. The van der Waals surface area contributed by atoms with Crippen molar-refractivity contribution >= 4 is 34.8 Å². The van der Waals surface area contributed by atoms with Crippen LogP contribution >= 0.6 is 0 Å². The van der Waals surface area contributed by atoms with Gasteiger partial charge in [0, 0.05) is 18.5 Å². The largest absolute Gasteiger partial charge is 0.478 e. The summed E-state index contributed by atoms with van der Waals surface area (Å²) in [5.74, 6) is -1.89. The Morgan fingerprint density at radius 1 is 0.829 bits per heavy atom. The standard InChI is InChI=1S/C31H31N3O7/c35-28(32-17-15-21-10-6-12-24(18-21)30(37)38)25(34-29(36)27-19-23-11-4-5-14-26(23)41-27)13-7-16-33-31(39)40-20-22-8-2-1-3-9-22/h1-6,8-12,14,18-19,25H,7,13,15-17,20H2,(H,32,35)(H,33,39)(H,34,36)(H,37,38)/t25-/m0/s1. The minimum atomic E-state index is -1.03. The van der Waals surface area contributed by atoms with Gasteiger partial charge in [0.25, 0.3) is 5.91 Å². The first-order valence-corrected chi connectivity index (χ1v) is 13.2. The number of carbonyl (C=O) groups is 4. The Balaban J connectivity index is 1.31. The van der Waals surface area contributed by atoms with E-state index in [2.05, 4.69) is 16.0 Å². The lowest BCUT2D eigenvalue weighted by Gasteiger charge is -2.18. The molecule has 0 aliphatic heterocycles. The zero-order chi connectivity index (χ0) is 29.0. The van der Waals surface area contributed by atoms with Crippen molar-refractivity contribution in [3.05, 3.63) is 107 Å². The Hall–Kier alpha value is -5.12. The third kappa shape index (κ3) is 8.69. The van der Waals surface area contributed by atoms with Gasteiger partial charge in [-0.25, -0.2) is 9.59 Å². The summed E-state index contributed by atoms with van der Waals surface area (Å²) < 4.78 is 10.8. The van der Waals surface area contributed by atoms with Gasteiger partial charge in [0.1, 0.15) is 18.2 Å². The molecule has 0 aliphatic rings. The molecule has 1 heterocycles. The molecule has 4 N–H and O–H groups in total. The molecule has 10 nitrogen and oxygen atoms in total. The Kier molecular flexibility index (Phi) is 10.1. The average molecular weight is 558 g/mol. The number of fused-ring (bicyclic) bond motifs is 1. The molecule has 1 aromatic heterocycles. The summed E-state index contributed by atoms with van der Waals surface area (Å²) >= 11 is 0. The van der Waals surface area contributed by atoms with Gasteiger partial charge in [-0.15, -0.1) is 0 Å². The highest BCUT2D eigenvalue weighted by Gasteiger charge is 2.23. The molecule has 0 radical (unpaired) electrons. The number of alkyl carbamates (subject to hydrolysis) is 1. The van der Waals surface area contributed by atoms with Gasteiger partial charge in [0.2, 0.25) is 5.91 Å². The topological polar surface area (TPSA) is 147 Å². The predicted molar refractivity (Wildman–Crippen MR) is 151 cm³/mol. The fraction of sp³-hybridized carbons (Fsp3) is 0.226. The lowest BCUT2D eigenvalue weighted by atomic mass is 10.1. The number of amides is 3. The number of para-hydroxylation sites is 1. The predicted octanol–water partition coefficient (Wildman–Crippen LogP) is 4.29. The van der Waals surface area contributed by atoms with Crippen molar-refractivity contribution in [2.75, 3.05) is 13.1 Å². The van der Waals surface area contributed by atoms with Gasteiger partial charge < -0.3 is 30.2 Å².